The molecule has 7 nitrogen and oxygen atoms in total. The topological polar surface area (TPSA) is 90.6 Å². The second kappa shape index (κ2) is 6.76. The fraction of sp³-hybridized carbons (Fsp3) is 0.474. The number of fused-ring (bicyclic) bond motifs is 2. The Labute approximate surface area is 157 Å². The molecule has 1 amide bonds. The molecule has 0 aliphatic carbocycles. The first kappa shape index (κ1) is 18.2. The fourth-order valence-corrected chi connectivity index (χ4v) is 6.39. The number of para-hydroxylation sites is 1. The van der Waals surface area contributed by atoms with Gasteiger partial charge in [-0.2, -0.15) is 0 Å². The largest absolute Gasteiger partial charge is 0.332 e. The number of aromatic nitrogens is 1. The number of pyridine rings is 1. The molecular weight excluding hydrogens is 366 g/mol. The SMILES string of the molecule is CCCN1CCN(C(=O)c2cc(=O)[nH]c3ccccc23)[C@@H]2CS(=O)(=O)C[C@@H]21. The first-order valence-electron chi connectivity index (χ1n) is 9.27. The third-order valence-corrected chi connectivity index (χ3v) is 7.24. The van der Waals surface area contributed by atoms with Gasteiger partial charge in [0, 0.05) is 36.1 Å². The van der Waals surface area contributed by atoms with Crippen molar-refractivity contribution < 1.29 is 13.2 Å². The Balaban J connectivity index is 1.73. The lowest BCUT2D eigenvalue weighted by molar-refractivity contribution is 0.0334. The minimum Gasteiger partial charge on any atom is -0.332 e. The highest BCUT2D eigenvalue weighted by molar-refractivity contribution is 7.91. The van der Waals surface area contributed by atoms with Crippen LogP contribution in [0.15, 0.2) is 35.1 Å². The van der Waals surface area contributed by atoms with Crippen LogP contribution in [0, 0.1) is 0 Å². The van der Waals surface area contributed by atoms with Gasteiger partial charge in [-0.25, -0.2) is 8.42 Å². The zero-order chi connectivity index (χ0) is 19.2. The predicted octanol–water partition coefficient (Wildman–Crippen LogP) is 0.861. The summed E-state index contributed by atoms with van der Waals surface area (Å²) in [5.74, 6) is -0.178. The highest BCUT2D eigenvalue weighted by atomic mass is 32.2. The van der Waals surface area contributed by atoms with E-state index < -0.39 is 9.84 Å². The van der Waals surface area contributed by atoms with Gasteiger partial charge in [-0.05, 0) is 19.0 Å². The Bertz CT molecular complexity index is 1050. The number of amides is 1. The number of carbonyl (C=O) groups is 1. The van der Waals surface area contributed by atoms with Gasteiger partial charge in [-0.15, -0.1) is 0 Å². The maximum atomic E-state index is 13.3. The van der Waals surface area contributed by atoms with E-state index in [4.69, 9.17) is 0 Å². The van der Waals surface area contributed by atoms with E-state index in [1.807, 2.05) is 6.07 Å². The van der Waals surface area contributed by atoms with E-state index in [0.29, 0.717) is 29.6 Å². The molecule has 2 atom stereocenters. The van der Waals surface area contributed by atoms with Crippen LogP contribution in [-0.2, 0) is 9.84 Å². The molecule has 144 valence electrons. The average molecular weight is 389 g/mol. The highest BCUT2D eigenvalue weighted by Gasteiger charge is 2.47. The molecule has 0 unspecified atom stereocenters. The molecule has 2 aliphatic heterocycles. The van der Waals surface area contributed by atoms with E-state index in [9.17, 15) is 18.0 Å². The molecule has 2 aromatic rings. The Morgan fingerprint density at radius 1 is 1.19 bits per heavy atom. The normalized spacial score (nSPS) is 24.9. The van der Waals surface area contributed by atoms with Crippen LogP contribution in [0.1, 0.15) is 23.7 Å². The number of piperazine rings is 1. The van der Waals surface area contributed by atoms with Gasteiger partial charge >= 0.3 is 0 Å². The molecule has 0 spiro atoms. The van der Waals surface area contributed by atoms with Crippen LogP contribution < -0.4 is 5.56 Å². The van der Waals surface area contributed by atoms with E-state index in [2.05, 4.69) is 16.8 Å². The number of hydrogen-bond acceptors (Lipinski definition) is 5. The van der Waals surface area contributed by atoms with Crippen molar-refractivity contribution in [3.8, 4) is 0 Å². The van der Waals surface area contributed by atoms with E-state index >= 15 is 0 Å². The Morgan fingerprint density at radius 2 is 1.93 bits per heavy atom. The number of nitrogens with zero attached hydrogens (tertiary/aromatic N) is 2. The van der Waals surface area contributed by atoms with Crippen molar-refractivity contribution in [2.24, 2.45) is 0 Å². The number of H-pyrrole nitrogens is 1. The van der Waals surface area contributed by atoms with Crippen molar-refractivity contribution in [2.75, 3.05) is 31.1 Å². The van der Waals surface area contributed by atoms with Gasteiger partial charge in [-0.3, -0.25) is 14.5 Å². The second-order valence-electron chi connectivity index (χ2n) is 7.34. The van der Waals surface area contributed by atoms with Crippen LogP contribution in [0.25, 0.3) is 10.9 Å². The molecule has 0 radical (unpaired) electrons. The van der Waals surface area contributed by atoms with Crippen LogP contribution in [0.4, 0.5) is 0 Å². The third-order valence-electron chi connectivity index (χ3n) is 5.54. The summed E-state index contributed by atoms with van der Waals surface area (Å²) < 4.78 is 24.6. The molecule has 2 saturated heterocycles. The van der Waals surface area contributed by atoms with Crippen LogP contribution in [0.5, 0.6) is 0 Å². The van der Waals surface area contributed by atoms with Gasteiger partial charge in [0.25, 0.3) is 5.91 Å². The number of nitrogens with one attached hydrogen (secondary N) is 1. The standard InChI is InChI=1S/C19H23N3O4S/c1-2-7-21-8-9-22(17-12-27(25,26)11-16(17)21)19(24)14-10-18(23)20-15-6-4-3-5-13(14)15/h3-6,10,16-17H,2,7-9,11-12H2,1H3,(H,20,23)/t16-,17+/m0/s1. The van der Waals surface area contributed by atoms with Gasteiger partial charge in [0.15, 0.2) is 9.84 Å². The molecule has 2 fully saturated rings. The zero-order valence-electron chi connectivity index (χ0n) is 15.2. The molecule has 1 N–H and O–H groups in total. The number of hydrogen-bond donors (Lipinski definition) is 1. The number of rotatable bonds is 3. The third kappa shape index (κ3) is 3.27. The molecule has 27 heavy (non-hydrogen) atoms. The minimum absolute atomic E-state index is 0.00918. The van der Waals surface area contributed by atoms with E-state index in [1.165, 1.54) is 6.07 Å². The molecule has 3 heterocycles. The van der Waals surface area contributed by atoms with E-state index in [1.54, 1.807) is 23.1 Å². The van der Waals surface area contributed by atoms with Crippen LogP contribution in [-0.4, -0.2) is 72.3 Å². The van der Waals surface area contributed by atoms with E-state index in [0.717, 1.165) is 13.0 Å². The summed E-state index contributed by atoms with van der Waals surface area (Å²) in [7, 11) is -3.18. The van der Waals surface area contributed by atoms with Crippen molar-refractivity contribution in [1.82, 2.24) is 14.8 Å². The molecule has 0 bridgehead atoms. The molecule has 8 heteroatoms. The summed E-state index contributed by atoms with van der Waals surface area (Å²) in [6.45, 7) is 4.01. The lowest BCUT2D eigenvalue weighted by atomic mass is 10.0. The van der Waals surface area contributed by atoms with Crippen LogP contribution in [0.2, 0.25) is 0 Å². The maximum absolute atomic E-state index is 13.3. The van der Waals surface area contributed by atoms with Gasteiger partial charge in [-0.1, -0.05) is 25.1 Å². The Hall–Kier alpha value is -2.19. The van der Waals surface area contributed by atoms with Gasteiger partial charge in [0.1, 0.15) is 0 Å². The summed E-state index contributed by atoms with van der Waals surface area (Å²) in [6, 6.07) is 7.97. The summed E-state index contributed by atoms with van der Waals surface area (Å²) in [6.07, 6.45) is 0.940. The smallest absolute Gasteiger partial charge is 0.255 e. The number of aromatic amines is 1. The molecule has 1 aromatic carbocycles. The first-order chi connectivity index (χ1) is 12.9. The number of sulfone groups is 1. The summed E-state index contributed by atoms with van der Waals surface area (Å²) in [4.78, 5) is 32.0. The van der Waals surface area contributed by atoms with Crippen LogP contribution in [0.3, 0.4) is 0 Å². The molecule has 1 aromatic heterocycles. The van der Waals surface area contributed by atoms with Crippen molar-refractivity contribution in [1.29, 1.82) is 0 Å². The maximum Gasteiger partial charge on any atom is 0.255 e. The van der Waals surface area contributed by atoms with Gasteiger partial charge in [0.05, 0.1) is 23.1 Å². The molecular formula is C19H23N3O4S. The zero-order valence-corrected chi connectivity index (χ0v) is 16.0. The summed E-state index contributed by atoms with van der Waals surface area (Å²) in [5.41, 5.74) is 0.604. The van der Waals surface area contributed by atoms with Gasteiger partial charge < -0.3 is 9.88 Å². The lowest BCUT2D eigenvalue weighted by Gasteiger charge is -2.44. The Kier molecular flexibility index (Phi) is 4.55. The fourth-order valence-electron chi connectivity index (χ4n) is 4.38. The second-order valence-corrected chi connectivity index (χ2v) is 9.49. The minimum atomic E-state index is -3.18. The average Bonchev–Trinajstić information content (AvgIpc) is 2.96. The predicted molar refractivity (Wildman–Crippen MR) is 104 cm³/mol. The highest BCUT2D eigenvalue weighted by Crippen LogP contribution is 2.29. The van der Waals surface area contributed by atoms with E-state index in [-0.39, 0.29) is 35.1 Å². The first-order valence-corrected chi connectivity index (χ1v) is 11.1. The van der Waals surface area contributed by atoms with Crippen molar-refractivity contribution in [3.05, 3.63) is 46.2 Å². The monoisotopic (exact) mass is 389 g/mol. The molecule has 0 saturated carbocycles. The summed E-state index contributed by atoms with van der Waals surface area (Å²) >= 11 is 0. The van der Waals surface area contributed by atoms with Crippen molar-refractivity contribution in [3.63, 3.8) is 0 Å². The van der Waals surface area contributed by atoms with Crippen molar-refractivity contribution >= 4 is 26.6 Å². The lowest BCUT2D eigenvalue weighted by Crippen LogP contribution is -2.60. The summed E-state index contributed by atoms with van der Waals surface area (Å²) in [5, 5.41) is 0.676. The number of carbonyl (C=O) groups excluding carboxylic acids is 1. The Morgan fingerprint density at radius 3 is 2.70 bits per heavy atom. The quantitative estimate of drug-likeness (QED) is 0.841. The van der Waals surface area contributed by atoms with Crippen molar-refractivity contribution in [2.45, 2.75) is 25.4 Å². The number of benzene rings is 1. The van der Waals surface area contributed by atoms with Crippen LogP contribution >= 0.6 is 0 Å². The van der Waals surface area contributed by atoms with Gasteiger partial charge in [0.2, 0.25) is 5.56 Å². The molecule has 2 aliphatic rings. The molecule has 4 rings (SSSR count).